The number of pyridine rings is 1. The van der Waals surface area contributed by atoms with Gasteiger partial charge in [-0.1, -0.05) is 6.07 Å². The summed E-state index contributed by atoms with van der Waals surface area (Å²) in [6, 6.07) is 5.24. The molecule has 0 radical (unpaired) electrons. The van der Waals surface area contributed by atoms with Gasteiger partial charge in [-0.2, -0.15) is 4.34 Å². The Morgan fingerprint density at radius 1 is 1.30 bits per heavy atom. The highest BCUT2D eigenvalue weighted by Crippen LogP contribution is 2.46. The first-order chi connectivity index (χ1) is 4.61. The minimum atomic E-state index is -3.07. The molecule has 0 saturated carbocycles. The van der Waals surface area contributed by atoms with E-state index in [0.29, 0.717) is 0 Å². The molecule has 1 heterocycles. The van der Waals surface area contributed by atoms with Crippen LogP contribution in [0.1, 0.15) is 0 Å². The molecule has 0 aliphatic carbocycles. The quantitative estimate of drug-likeness (QED) is 0.528. The molecule has 1 rings (SSSR count). The van der Waals surface area contributed by atoms with Gasteiger partial charge in [0.25, 0.3) is 0 Å². The second-order valence-electron chi connectivity index (χ2n) is 1.73. The van der Waals surface area contributed by atoms with Crippen molar-refractivity contribution in [2.24, 2.45) is 0 Å². The lowest BCUT2D eigenvalue weighted by atomic mass is 10.5. The van der Waals surface area contributed by atoms with Gasteiger partial charge < -0.3 is 0 Å². The molecule has 0 amide bonds. The molecule has 1 unspecified atom stereocenters. The monoisotopic (exact) mass is 194 g/mol. The van der Waals surface area contributed by atoms with E-state index in [9.17, 15) is 4.20 Å². The minimum absolute atomic E-state index is 1.31. The summed E-state index contributed by atoms with van der Waals surface area (Å²) in [6.07, 6.45) is 3.15. The zero-order valence-corrected chi connectivity index (χ0v) is 7.62. The Labute approximate surface area is 69.2 Å². The number of halogens is 1. The second-order valence-corrected chi connectivity index (χ2v) is 6.99. The van der Waals surface area contributed by atoms with Gasteiger partial charge in [-0.05, 0) is 12.2 Å². The van der Waals surface area contributed by atoms with Crippen molar-refractivity contribution >= 4 is 29.8 Å². The topological polar surface area (TPSA) is 3.88 Å². The summed E-state index contributed by atoms with van der Waals surface area (Å²) in [5, 5.41) is 0. The van der Waals surface area contributed by atoms with Crippen LogP contribution in [0.4, 0.5) is 4.20 Å². The van der Waals surface area contributed by atoms with Gasteiger partial charge in [0.15, 0.2) is 12.4 Å². The van der Waals surface area contributed by atoms with E-state index in [1.54, 1.807) is 30.6 Å². The van der Waals surface area contributed by atoms with Gasteiger partial charge in [-0.3, -0.25) is 0 Å². The Morgan fingerprint density at radius 3 is 2.10 bits per heavy atom. The summed E-state index contributed by atoms with van der Waals surface area (Å²) in [5.74, 6) is 0. The van der Waals surface area contributed by atoms with Crippen molar-refractivity contribution in [2.45, 2.75) is 0 Å². The van der Waals surface area contributed by atoms with E-state index >= 15 is 0 Å². The fourth-order valence-electron chi connectivity index (χ4n) is 0.554. The van der Waals surface area contributed by atoms with Crippen LogP contribution in [0.25, 0.3) is 0 Å². The Hall–Kier alpha value is 0.0800. The molecule has 1 atom stereocenters. The van der Waals surface area contributed by atoms with Crippen LogP contribution < -0.4 is 4.34 Å². The Balaban J connectivity index is 3.09. The summed E-state index contributed by atoms with van der Waals surface area (Å²) in [7, 11) is 0. The summed E-state index contributed by atoms with van der Waals surface area (Å²) >= 11 is 8.19. The molecule has 54 valence electrons. The molecule has 5 heteroatoms. The molecule has 0 saturated heterocycles. The minimum Gasteiger partial charge on any atom is -0.152 e. The molecular formula is C5H6FNPS2+. The molecule has 0 bridgehead atoms. The Bertz CT molecular complexity index is 258. The summed E-state index contributed by atoms with van der Waals surface area (Å²) in [4.78, 5) is 0. The third-order valence-electron chi connectivity index (χ3n) is 0.985. The number of thiol groups is 1. The van der Waals surface area contributed by atoms with E-state index in [1.807, 2.05) is 0 Å². The fraction of sp³-hybridized carbons (Fsp3) is 0. The standard InChI is InChI=1S/C5H5FNPS2/c6-8(9,10)7-4-2-1-3-5-7/h1-5H/p+1. The van der Waals surface area contributed by atoms with Crippen LogP contribution in [0.2, 0.25) is 0 Å². The van der Waals surface area contributed by atoms with Crippen molar-refractivity contribution in [2.75, 3.05) is 0 Å². The van der Waals surface area contributed by atoms with Crippen LogP contribution >= 0.6 is 17.9 Å². The second kappa shape index (κ2) is 2.99. The largest absolute Gasteiger partial charge is 0.413 e. The number of aromatic nitrogens is 1. The zero-order valence-electron chi connectivity index (χ0n) is 5.01. The lowest BCUT2D eigenvalue weighted by Gasteiger charge is -1.95. The molecular weight excluding hydrogens is 188 g/mol. The molecule has 0 aromatic carbocycles. The van der Waals surface area contributed by atoms with Crippen LogP contribution in [-0.4, -0.2) is 0 Å². The fourth-order valence-corrected chi connectivity index (χ4v) is 1.72. The molecule has 0 aliphatic heterocycles. The van der Waals surface area contributed by atoms with Gasteiger partial charge in [-0.15, -0.1) is 4.20 Å². The van der Waals surface area contributed by atoms with Crippen LogP contribution in [0.15, 0.2) is 30.6 Å². The Kier molecular flexibility index (Phi) is 2.45. The highest BCUT2D eigenvalue weighted by molar-refractivity contribution is 8.59. The lowest BCUT2D eigenvalue weighted by molar-refractivity contribution is -0.513. The smallest absolute Gasteiger partial charge is 0.152 e. The Morgan fingerprint density at radius 2 is 1.80 bits per heavy atom. The SMILES string of the molecule is FP(=S)(S)[n+]1ccccc1. The predicted octanol–water partition coefficient (Wildman–Crippen LogP) is 1.95. The van der Waals surface area contributed by atoms with E-state index in [1.165, 1.54) is 4.34 Å². The lowest BCUT2D eigenvalue weighted by Crippen LogP contribution is -2.24. The van der Waals surface area contributed by atoms with E-state index in [4.69, 9.17) is 0 Å². The van der Waals surface area contributed by atoms with Crippen LogP contribution in [0, 0.1) is 0 Å². The first kappa shape index (κ1) is 8.18. The van der Waals surface area contributed by atoms with Crippen molar-refractivity contribution in [3.05, 3.63) is 30.6 Å². The van der Waals surface area contributed by atoms with Gasteiger partial charge in [0.2, 0.25) is 0 Å². The van der Waals surface area contributed by atoms with Crippen LogP contribution in [0.5, 0.6) is 0 Å². The zero-order chi connectivity index (χ0) is 7.61. The van der Waals surface area contributed by atoms with Crippen LogP contribution in [0.3, 0.4) is 0 Å². The van der Waals surface area contributed by atoms with Crippen molar-refractivity contribution in [3.8, 4) is 0 Å². The molecule has 0 spiro atoms. The first-order valence-corrected chi connectivity index (χ1v) is 6.40. The molecule has 0 aliphatic rings. The van der Waals surface area contributed by atoms with E-state index in [0.717, 1.165) is 0 Å². The maximum atomic E-state index is 12.9. The van der Waals surface area contributed by atoms with Gasteiger partial charge in [0, 0.05) is 23.9 Å². The van der Waals surface area contributed by atoms with Crippen molar-refractivity contribution in [3.63, 3.8) is 0 Å². The predicted molar refractivity (Wildman–Crippen MR) is 46.4 cm³/mol. The highest BCUT2D eigenvalue weighted by atomic mass is 32.9. The number of hydrogen-bond donors (Lipinski definition) is 1. The van der Waals surface area contributed by atoms with Gasteiger partial charge in [-0.25, -0.2) is 0 Å². The van der Waals surface area contributed by atoms with Crippen molar-refractivity contribution in [1.29, 1.82) is 0 Å². The number of nitrogens with zero attached hydrogens (tertiary/aromatic N) is 1. The van der Waals surface area contributed by atoms with Crippen LogP contribution in [-0.2, 0) is 11.8 Å². The highest BCUT2D eigenvalue weighted by Gasteiger charge is 2.19. The maximum absolute atomic E-state index is 12.9. The molecule has 0 fully saturated rings. The van der Waals surface area contributed by atoms with Crippen molar-refractivity contribution < 1.29 is 8.53 Å². The first-order valence-electron chi connectivity index (χ1n) is 2.60. The van der Waals surface area contributed by atoms with E-state index < -0.39 is 5.70 Å². The number of hydrogen-bond acceptors (Lipinski definition) is 1. The summed E-state index contributed by atoms with van der Waals surface area (Å²) in [5.41, 5.74) is -3.07. The van der Waals surface area contributed by atoms with Crippen molar-refractivity contribution in [1.82, 2.24) is 0 Å². The molecule has 0 N–H and O–H groups in total. The third-order valence-corrected chi connectivity index (χ3v) is 3.01. The van der Waals surface area contributed by atoms with E-state index in [2.05, 4.69) is 24.1 Å². The molecule has 10 heavy (non-hydrogen) atoms. The third kappa shape index (κ3) is 2.04. The summed E-state index contributed by atoms with van der Waals surface area (Å²) in [6.45, 7) is 0. The summed E-state index contributed by atoms with van der Waals surface area (Å²) < 4.78 is 14.2. The molecule has 1 aromatic rings. The normalized spacial score (nSPS) is 16.2. The molecule has 1 aromatic heterocycles. The molecule has 1 nitrogen and oxygen atoms in total. The van der Waals surface area contributed by atoms with Gasteiger partial charge in [0.05, 0.1) is 0 Å². The van der Waals surface area contributed by atoms with Gasteiger partial charge >= 0.3 is 5.70 Å². The van der Waals surface area contributed by atoms with Gasteiger partial charge in [0.1, 0.15) is 0 Å². The van der Waals surface area contributed by atoms with E-state index in [-0.39, 0.29) is 0 Å². The average Bonchev–Trinajstić information content (AvgIpc) is 1.88. The average molecular weight is 194 g/mol. The maximum Gasteiger partial charge on any atom is 0.413 e. The number of rotatable bonds is 1.